The Labute approximate surface area is 164 Å². The van der Waals surface area contributed by atoms with E-state index in [1.165, 1.54) is 24.3 Å². The second kappa shape index (κ2) is 9.34. The summed E-state index contributed by atoms with van der Waals surface area (Å²) in [6.07, 6.45) is 0.810. The summed E-state index contributed by atoms with van der Waals surface area (Å²) in [5, 5.41) is 0. The van der Waals surface area contributed by atoms with Gasteiger partial charge in [0.15, 0.2) is 5.41 Å². The topological polar surface area (TPSA) is 153 Å². The lowest BCUT2D eigenvalue weighted by atomic mass is 9.77. The molecule has 1 aromatic carbocycles. The predicted molar refractivity (Wildman–Crippen MR) is 101 cm³/mol. The average molecular weight is 437 g/mol. The largest absolute Gasteiger partial charge is 0.468 e. The number of rotatable bonds is 10. The summed E-state index contributed by atoms with van der Waals surface area (Å²) in [6, 6.07) is 5.56. The third-order valence-corrected chi connectivity index (χ3v) is 5.50. The standard InChI is InChI=1S/C16H23NO9S2/c1-25-14(18)16(15(19)26-2,9-4-10-27(3,20)21)11-12-5-7-13(8-6-12)17-28(22,23)24/h5-8,17H,4,9-11H2,1-3H3,(H,22,23,24). The van der Waals surface area contributed by atoms with E-state index in [1.807, 2.05) is 4.72 Å². The quantitative estimate of drug-likeness (QED) is 0.304. The number of nitrogens with one attached hydrogen (secondary N) is 1. The molecular weight excluding hydrogens is 414 g/mol. The fourth-order valence-corrected chi connectivity index (χ4v) is 3.84. The van der Waals surface area contributed by atoms with Gasteiger partial charge >= 0.3 is 22.2 Å². The van der Waals surface area contributed by atoms with E-state index in [9.17, 15) is 26.4 Å². The molecule has 0 aliphatic rings. The molecule has 2 N–H and O–H groups in total. The number of methoxy groups -OCH3 is 2. The van der Waals surface area contributed by atoms with E-state index >= 15 is 0 Å². The van der Waals surface area contributed by atoms with Crippen molar-refractivity contribution in [2.24, 2.45) is 5.41 Å². The van der Waals surface area contributed by atoms with Gasteiger partial charge in [0.25, 0.3) is 0 Å². The maximum atomic E-state index is 12.5. The lowest BCUT2D eigenvalue weighted by molar-refractivity contribution is -0.169. The van der Waals surface area contributed by atoms with E-state index in [1.54, 1.807) is 0 Å². The van der Waals surface area contributed by atoms with Crippen LogP contribution in [0.1, 0.15) is 18.4 Å². The number of hydrogen-bond acceptors (Lipinski definition) is 8. The van der Waals surface area contributed by atoms with Crippen LogP contribution in [0.25, 0.3) is 0 Å². The molecule has 1 rings (SSSR count). The molecule has 0 heterocycles. The Kier molecular flexibility index (Phi) is 7.96. The molecule has 1 aromatic rings. The van der Waals surface area contributed by atoms with Crippen molar-refractivity contribution in [3.63, 3.8) is 0 Å². The zero-order valence-corrected chi connectivity index (χ0v) is 17.3. The first-order valence-corrected chi connectivity index (χ1v) is 11.5. The molecular formula is C16H23NO9S2. The minimum Gasteiger partial charge on any atom is -0.468 e. The van der Waals surface area contributed by atoms with Gasteiger partial charge in [0, 0.05) is 12.0 Å². The van der Waals surface area contributed by atoms with Crippen LogP contribution in [0.5, 0.6) is 0 Å². The summed E-state index contributed by atoms with van der Waals surface area (Å²) in [6.45, 7) is 0. The normalized spacial score (nSPS) is 12.3. The highest BCUT2D eigenvalue weighted by atomic mass is 32.2. The summed E-state index contributed by atoms with van der Waals surface area (Å²) < 4.78 is 64.7. The second-order valence-corrected chi connectivity index (χ2v) is 9.66. The van der Waals surface area contributed by atoms with Crippen LogP contribution < -0.4 is 4.72 Å². The Balaban J connectivity index is 3.19. The Morgan fingerprint density at radius 1 is 1.04 bits per heavy atom. The maximum absolute atomic E-state index is 12.5. The molecule has 0 bridgehead atoms. The van der Waals surface area contributed by atoms with Gasteiger partial charge in [-0.05, 0) is 37.0 Å². The Bertz CT molecular complexity index is 890. The fraction of sp³-hybridized carbons (Fsp3) is 0.500. The number of carbonyl (C=O) groups excluding carboxylic acids is 2. The summed E-state index contributed by atoms with van der Waals surface area (Å²) in [5.74, 6) is -1.96. The van der Waals surface area contributed by atoms with Gasteiger partial charge in [-0.3, -0.25) is 18.9 Å². The number of ether oxygens (including phenoxy) is 2. The summed E-state index contributed by atoms with van der Waals surface area (Å²) in [5.41, 5.74) is -1.22. The van der Waals surface area contributed by atoms with Crippen molar-refractivity contribution >= 4 is 37.8 Å². The van der Waals surface area contributed by atoms with Gasteiger partial charge in [0.05, 0.1) is 19.9 Å². The molecule has 0 spiro atoms. The summed E-state index contributed by atoms with van der Waals surface area (Å²) in [4.78, 5) is 24.9. The molecule has 0 saturated heterocycles. The third kappa shape index (κ3) is 7.09. The first-order chi connectivity index (χ1) is 12.8. The third-order valence-electron chi connectivity index (χ3n) is 3.98. The number of esters is 2. The van der Waals surface area contributed by atoms with Gasteiger partial charge in [-0.1, -0.05) is 12.1 Å². The molecule has 10 nitrogen and oxygen atoms in total. The molecule has 0 aliphatic carbocycles. The highest BCUT2D eigenvalue weighted by molar-refractivity contribution is 7.90. The first-order valence-electron chi connectivity index (χ1n) is 8.02. The van der Waals surface area contributed by atoms with Crippen molar-refractivity contribution in [1.29, 1.82) is 0 Å². The van der Waals surface area contributed by atoms with Gasteiger partial charge in [0.2, 0.25) is 0 Å². The van der Waals surface area contributed by atoms with Gasteiger partial charge in [-0.15, -0.1) is 0 Å². The molecule has 0 aliphatic heterocycles. The Hall–Kier alpha value is -2.18. The van der Waals surface area contributed by atoms with Crippen molar-refractivity contribution < 1.29 is 40.5 Å². The highest BCUT2D eigenvalue weighted by Gasteiger charge is 2.48. The van der Waals surface area contributed by atoms with Crippen LogP contribution in [0, 0.1) is 5.41 Å². The maximum Gasteiger partial charge on any atom is 0.357 e. The van der Waals surface area contributed by atoms with Crippen molar-refractivity contribution in [2.75, 3.05) is 31.0 Å². The molecule has 0 fully saturated rings. The number of carbonyl (C=O) groups is 2. The second-order valence-electron chi connectivity index (χ2n) is 6.25. The number of benzene rings is 1. The molecule has 0 unspecified atom stereocenters. The van der Waals surface area contributed by atoms with Gasteiger partial charge in [-0.2, -0.15) is 8.42 Å². The molecule has 0 amide bonds. The van der Waals surface area contributed by atoms with Crippen LogP contribution in [0.3, 0.4) is 0 Å². The fourth-order valence-electron chi connectivity index (χ4n) is 2.74. The lowest BCUT2D eigenvalue weighted by Gasteiger charge is -2.28. The van der Waals surface area contributed by atoms with Gasteiger partial charge in [-0.25, -0.2) is 8.42 Å². The Morgan fingerprint density at radius 2 is 1.54 bits per heavy atom. The summed E-state index contributed by atoms with van der Waals surface area (Å²) >= 11 is 0. The number of anilines is 1. The smallest absolute Gasteiger partial charge is 0.357 e. The van der Waals surface area contributed by atoms with Gasteiger partial charge in [0.1, 0.15) is 9.84 Å². The molecule has 158 valence electrons. The van der Waals surface area contributed by atoms with Crippen LogP contribution in [0.2, 0.25) is 0 Å². The zero-order chi connectivity index (χ0) is 21.6. The molecule has 28 heavy (non-hydrogen) atoms. The number of sulfone groups is 1. The van der Waals surface area contributed by atoms with Crippen molar-refractivity contribution in [3.05, 3.63) is 29.8 Å². The van der Waals surface area contributed by atoms with Crippen LogP contribution in [-0.2, 0) is 45.6 Å². The first kappa shape index (κ1) is 23.9. The molecule has 0 saturated carbocycles. The predicted octanol–water partition coefficient (Wildman–Crippen LogP) is 0.601. The van der Waals surface area contributed by atoms with Crippen LogP contribution in [0.15, 0.2) is 24.3 Å². The van der Waals surface area contributed by atoms with Crippen LogP contribution in [-0.4, -0.2) is 59.6 Å². The monoisotopic (exact) mass is 437 g/mol. The van der Waals surface area contributed by atoms with Crippen LogP contribution >= 0.6 is 0 Å². The summed E-state index contributed by atoms with van der Waals surface area (Å²) in [7, 11) is -5.53. The molecule has 0 aromatic heterocycles. The highest BCUT2D eigenvalue weighted by Crippen LogP contribution is 2.33. The van der Waals surface area contributed by atoms with Crippen molar-refractivity contribution in [1.82, 2.24) is 0 Å². The van der Waals surface area contributed by atoms with E-state index in [4.69, 9.17) is 14.0 Å². The minimum atomic E-state index is -4.44. The van der Waals surface area contributed by atoms with E-state index in [-0.39, 0.29) is 30.7 Å². The lowest BCUT2D eigenvalue weighted by Crippen LogP contribution is -2.43. The zero-order valence-electron chi connectivity index (χ0n) is 15.7. The molecule has 0 atom stereocenters. The van der Waals surface area contributed by atoms with E-state index in [0.717, 1.165) is 20.5 Å². The van der Waals surface area contributed by atoms with Crippen molar-refractivity contribution in [3.8, 4) is 0 Å². The minimum absolute atomic E-state index is 0.0332. The SMILES string of the molecule is COC(=O)C(CCCS(C)(=O)=O)(Cc1ccc(NS(=O)(=O)O)cc1)C(=O)OC. The molecule has 0 radical (unpaired) electrons. The van der Waals surface area contributed by atoms with Crippen molar-refractivity contribution in [2.45, 2.75) is 19.3 Å². The van der Waals surface area contributed by atoms with E-state index < -0.39 is 37.5 Å². The number of hydrogen-bond donors (Lipinski definition) is 2. The Morgan fingerprint density at radius 3 is 1.93 bits per heavy atom. The van der Waals surface area contributed by atoms with E-state index in [2.05, 4.69) is 0 Å². The molecule has 12 heteroatoms. The van der Waals surface area contributed by atoms with Crippen LogP contribution in [0.4, 0.5) is 5.69 Å². The average Bonchev–Trinajstić information content (AvgIpc) is 2.58. The van der Waals surface area contributed by atoms with E-state index in [0.29, 0.717) is 5.56 Å². The van der Waals surface area contributed by atoms with Gasteiger partial charge < -0.3 is 9.47 Å².